The van der Waals surface area contributed by atoms with Crippen LogP contribution in [-0.4, -0.2) is 13.4 Å². The third-order valence-corrected chi connectivity index (χ3v) is 3.08. The van der Waals surface area contributed by atoms with Crippen LogP contribution in [0.15, 0.2) is 0 Å². The van der Waals surface area contributed by atoms with Crippen LogP contribution in [0, 0.1) is 0 Å². The van der Waals surface area contributed by atoms with Crippen molar-refractivity contribution in [2.24, 2.45) is 0 Å². The Hall–Kier alpha value is 0.0249. The first-order chi connectivity index (χ1) is 7.77. The smallest absolute Gasteiger partial charge is 0.213 e. The zero-order valence-electron chi connectivity index (χ0n) is 11.9. The summed E-state index contributed by atoms with van der Waals surface area (Å²) in [4.78, 5) is 0. The van der Waals surface area contributed by atoms with Crippen molar-refractivity contribution >= 4 is 6.85 Å². The Balaban J connectivity index is 2.88. The second-order valence-corrected chi connectivity index (χ2v) is 5.29. The molecule has 0 unspecified atom stereocenters. The van der Waals surface area contributed by atoms with Crippen LogP contribution in [0.5, 0.6) is 0 Å². The molecule has 0 saturated carbocycles. The van der Waals surface area contributed by atoms with Gasteiger partial charge in [-0.2, -0.15) is 0 Å². The summed E-state index contributed by atoms with van der Waals surface area (Å²) in [5, 5.41) is 3.47. The summed E-state index contributed by atoms with van der Waals surface area (Å²) in [6.45, 7) is 8.57. The van der Waals surface area contributed by atoms with E-state index in [9.17, 15) is 0 Å². The maximum atomic E-state index is 3.47. The molecule has 16 heavy (non-hydrogen) atoms. The molecule has 0 heterocycles. The van der Waals surface area contributed by atoms with E-state index in [0.29, 0.717) is 6.85 Å². The van der Waals surface area contributed by atoms with Gasteiger partial charge in [0, 0.05) is 0 Å². The van der Waals surface area contributed by atoms with Crippen molar-refractivity contribution in [1.29, 1.82) is 0 Å². The van der Waals surface area contributed by atoms with Crippen molar-refractivity contribution in [2.75, 3.05) is 6.54 Å². The van der Waals surface area contributed by atoms with E-state index in [2.05, 4.69) is 25.8 Å². The Bertz CT molecular complexity index is 126. The molecule has 0 atom stereocenters. The van der Waals surface area contributed by atoms with Crippen molar-refractivity contribution < 1.29 is 0 Å². The first-order valence-corrected chi connectivity index (χ1v) is 7.50. The van der Waals surface area contributed by atoms with E-state index in [-0.39, 0.29) is 0 Å². The fraction of sp³-hybridized carbons (Fsp3) is 1.00. The van der Waals surface area contributed by atoms with Crippen LogP contribution in [-0.2, 0) is 0 Å². The molecule has 2 heteroatoms. The number of hydrogen-bond donors (Lipinski definition) is 1. The van der Waals surface area contributed by atoms with Gasteiger partial charge in [0.1, 0.15) is 0 Å². The lowest BCUT2D eigenvalue weighted by Crippen LogP contribution is -2.27. The molecule has 0 aliphatic heterocycles. The molecule has 0 aliphatic carbocycles. The van der Waals surface area contributed by atoms with Gasteiger partial charge in [-0.15, -0.1) is 0 Å². The maximum absolute atomic E-state index is 3.47. The van der Waals surface area contributed by atoms with Gasteiger partial charge in [0.25, 0.3) is 0 Å². The predicted octanol–water partition coefficient (Wildman–Crippen LogP) is 4.75. The van der Waals surface area contributed by atoms with Gasteiger partial charge in [0.2, 0.25) is 6.85 Å². The lowest BCUT2D eigenvalue weighted by atomic mass is 9.69. The Morgan fingerprint density at radius 3 is 1.56 bits per heavy atom. The molecular weight excluding hydrogens is 193 g/mol. The minimum atomic E-state index is 0.651. The summed E-state index contributed by atoms with van der Waals surface area (Å²) < 4.78 is 0. The summed E-state index contributed by atoms with van der Waals surface area (Å²) in [5.41, 5.74) is 0. The molecular formula is C14H32BN. The highest BCUT2D eigenvalue weighted by Gasteiger charge is 1.96. The first kappa shape index (κ1) is 16.0. The van der Waals surface area contributed by atoms with E-state index in [4.69, 9.17) is 0 Å². The van der Waals surface area contributed by atoms with E-state index in [1.807, 2.05) is 0 Å². The van der Waals surface area contributed by atoms with E-state index in [1.54, 1.807) is 0 Å². The van der Waals surface area contributed by atoms with E-state index in [1.165, 1.54) is 70.8 Å². The van der Waals surface area contributed by atoms with Gasteiger partial charge in [-0.05, 0) is 13.0 Å². The molecule has 0 spiro atoms. The highest BCUT2D eigenvalue weighted by atomic mass is 14.8. The normalized spacial score (nSPS) is 10.7. The van der Waals surface area contributed by atoms with Gasteiger partial charge in [0.05, 0.1) is 0 Å². The third kappa shape index (κ3) is 14.0. The van der Waals surface area contributed by atoms with Gasteiger partial charge < -0.3 is 5.23 Å². The molecule has 0 aliphatic rings. The summed E-state index contributed by atoms with van der Waals surface area (Å²) >= 11 is 0. The summed E-state index contributed by atoms with van der Waals surface area (Å²) in [6, 6.07) is 0. The Morgan fingerprint density at radius 1 is 0.688 bits per heavy atom. The average Bonchev–Trinajstić information content (AvgIpc) is 2.25. The van der Waals surface area contributed by atoms with Crippen LogP contribution in [0.25, 0.3) is 0 Å². The minimum Gasteiger partial charge on any atom is -0.356 e. The van der Waals surface area contributed by atoms with Crippen molar-refractivity contribution in [3.63, 3.8) is 0 Å². The predicted molar refractivity (Wildman–Crippen MR) is 77.3 cm³/mol. The summed E-state index contributed by atoms with van der Waals surface area (Å²) in [6.07, 6.45) is 14.3. The van der Waals surface area contributed by atoms with Gasteiger partial charge >= 0.3 is 0 Å². The van der Waals surface area contributed by atoms with E-state index in [0.717, 1.165) is 0 Å². The zero-order chi connectivity index (χ0) is 12.1. The molecule has 0 radical (unpaired) electrons. The minimum absolute atomic E-state index is 0.651. The molecule has 0 aromatic rings. The number of nitrogens with one attached hydrogen (secondary N) is 1. The maximum Gasteiger partial charge on any atom is 0.213 e. The Kier molecular flexibility index (Phi) is 13.1. The quantitative estimate of drug-likeness (QED) is 0.373. The van der Waals surface area contributed by atoms with Crippen LogP contribution in [0.3, 0.4) is 0 Å². The second-order valence-electron chi connectivity index (χ2n) is 5.29. The van der Waals surface area contributed by atoms with Crippen molar-refractivity contribution in [2.45, 2.75) is 84.8 Å². The largest absolute Gasteiger partial charge is 0.356 e. The van der Waals surface area contributed by atoms with Gasteiger partial charge in [0.15, 0.2) is 0 Å². The molecule has 0 fully saturated rings. The van der Waals surface area contributed by atoms with Crippen molar-refractivity contribution in [3.05, 3.63) is 0 Å². The highest BCUT2D eigenvalue weighted by molar-refractivity contribution is 6.52. The summed E-state index contributed by atoms with van der Waals surface area (Å²) in [5.74, 6) is 0. The van der Waals surface area contributed by atoms with Gasteiger partial charge in [-0.1, -0.05) is 78.4 Å². The fourth-order valence-electron chi connectivity index (χ4n) is 2.00. The van der Waals surface area contributed by atoms with Crippen LogP contribution in [0.1, 0.15) is 71.1 Å². The van der Waals surface area contributed by atoms with Crippen LogP contribution < -0.4 is 5.23 Å². The fourth-order valence-corrected chi connectivity index (χ4v) is 2.00. The van der Waals surface area contributed by atoms with Gasteiger partial charge in [-0.25, -0.2) is 0 Å². The Morgan fingerprint density at radius 2 is 1.12 bits per heavy atom. The molecule has 0 amide bonds. The van der Waals surface area contributed by atoms with E-state index < -0.39 is 0 Å². The monoisotopic (exact) mass is 225 g/mol. The lowest BCUT2D eigenvalue weighted by Gasteiger charge is -2.05. The molecule has 0 aromatic heterocycles. The van der Waals surface area contributed by atoms with Crippen LogP contribution in [0.4, 0.5) is 0 Å². The van der Waals surface area contributed by atoms with Crippen molar-refractivity contribution in [1.82, 2.24) is 5.23 Å². The van der Waals surface area contributed by atoms with Gasteiger partial charge in [-0.3, -0.25) is 0 Å². The van der Waals surface area contributed by atoms with Crippen LogP contribution >= 0.6 is 0 Å². The Labute approximate surface area is 104 Å². The SMILES string of the molecule is CCCCCCCCCCCCNB(C)C. The second kappa shape index (κ2) is 13.1. The number of hydrogen-bond acceptors (Lipinski definition) is 1. The third-order valence-electron chi connectivity index (χ3n) is 3.08. The molecule has 0 aromatic carbocycles. The van der Waals surface area contributed by atoms with Crippen molar-refractivity contribution in [3.8, 4) is 0 Å². The molecule has 1 N–H and O–H groups in total. The molecule has 0 rings (SSSR count). The topological polar surface area (TPSA) is 12.0 Å². The first-order valence-electron chi connectivity index (χ1n) is 7.50. The lowest BCUT2D eigenvalue weighted by molar-refractivity contribution is 0.555. The molecule has 0 saturated heterocycles. The highest BCUT2D eigenvalue weighted by Crippen LogP contribution is 2.10. The number of rotatable bonds is 12. The number of unbranched alkanes of at least 4 members (excludes halogenated alkanes) is 9. The molecule has 96 valence electrons. The summed E-state index contributed by atoms with van der Waals surface area (Å²) in [7, 11) is 0. The molecule has 0 bridgehead atoms. The molecule has 1 nitrogen and oxygen atoms in total. The standard InChI is InChI=1S/C14H32BN/c1-4-5-6-7-8-9-10-11-12-13-14-16-15(2)3/h16H,4-14H2,1-3H3. The zero-order valence-corrected chi connectivity index (χ0v) is 11.9. The van der Waals surface area contributed by atoms with E-state index >= 15 is 0 Å². The average molecular weight is 225 g/mol. The van der Waals surface area contributed by atoms with Crippen LogP contribution in [0.2, 0.25) is 13.6 Å².